The zero-order chi connectivity index (χ0) is 13.9. The fourth-order valence-corrected chi connectivity index (χ4v) is 2.24. The van der Waals surface area contributed by atoms with Crippen LogP contribution in [0.4, 0.5) is 5.95 Å². The second kappa shape index (κ2) is 5.16. The van der Waals surface area contributed by atoms with Crippen molar-refractivity contribution in [2.75, 3.05) is 5.73 Å². The van der Waals surface area contributed by atoms with Crippen LogP contribution in [0.2, 0.25) is 0 Å². The number of anilines is 1. The number of H-pyrrole nitrogens is 1. The highest BCUT2D eigenvalue weighted by Gasteiger charge is 2.10. The Morgan fingerprint density at radius 3 is 2.85 bits per heavy atom. The van der Waals surface area contributed by atoms with Gasteiger partial charge >= 0.3 is 0 Å². The average Bonchev–Trinajstić information content (AvgIpc) is 2.92. The van der Waals surface area contributed by atoms with Gasteiger partial charge in [-0.1, -0.05) is 30.3 Å². The second-order valence-electron chi connectivity index (χ2n) is 4.62. The van der Waals surface area contributed by atoms with Crippen LogP contribution in [-0.4, -0.2) is 19.5 Å². The third-order valence-electron chi connectivity index (χ3n) is 3.27. The molecule has 3 rings (SSSR count). The molecule has 3 N–H and O–H groups in total. The molecular weight excluding hydrogens is 254 g/mol. The van der Waals surface area contributed by atoms with Crippen molar-refractivity contribution in [3.63, 3.8) is 0 Å². The Morgan fingerprint density at radius 1 is 1.25 bits per heavy atom. The van der Waals surface area contributed by atoms with Crippen LogP contribution >= 0.6 is 0 Å². The Morgan fingerprint density at radius 2 is 2.05 bits per heavy atom. The minimum Gasteiger partial charge on any atom is -0.369 e. The number of nitrogens with one attached hydrogen (secondary N) is 1. The molecule has 2 heterocycles. The lowest BCUT2D eigenvalue weighted by molar-refractivity contribution is 0.626. The number of imidazole rings is 1. The fraction of sp³-hybridized carbons (Fsp3) is 0.214. The van der Waals surface area contributed by atoms with Crippen LogP contribution in [-0.2, 0) is 13.0 Å². The molecule has 0 aliphatic rings. The predicted molar refractivity (Wildman–Crippen MR) is 77.3 cm³/mol. The van der Waals surface area contributed by atoms with Gasteiger partial charge in [-0.2, -0.15) is 4.98 Å². The maximum absolute atomic E-state index is 12.2. The van der Waals surface area contributed by atoms with Gasteiger partial charge in [0.25, 0.3) is 5.56 Å². The van der Waals surface area contributed by atoms with Crippen LogP contribution in [0.5, 0.6) is 0 Å². The average molecular weight is 269 g/mol. The minimum absolute atomic E-state index is 0.168. The summed E-state index contributed by atoms with van der Waals surface area (Å²) >= 11 is 0. The summed E-state index contributed by atoms with van der Waals surface area (Å²) in [7, 11) is 0. The molecule has 0 radical (unpaired) electrons. The molecule has 0 unspecified atom stereocenters. The first kappa shape index (κ1) is 12.4. The van der Waals surface area contributed by atoms with Gasteiger partial charge in [0, 0.05) is 6.54 Å². The minimum atomic E-state index is -0.168. The van der Waals surface area contributed by atoms with Gasteiger partial charge < -0.3 is 10.7 Å². The normalized spacial score (nSPS) is 11.0. The number of hydrogen-bond donors (Lipinski definition) is 2. The summed E-state index contributed by atoms with van der Waals surface area (Å²) < 4.78 is 1.49. The van der Waals surface area contributed by atoms with Crippen molar-refractivity contribution < 1.29 is 0 Å². The van der Waals surface area contributed by atoms with E-state index in [0.717, 1.165) is 12.8 Å². The Labute approximate surface area is 115 Å². The van der Waals surface area contributed by atoms with Crippen molar-refractivity contribution in [3.05, 3.63) is 52.6 Å². The number of benzene rings is 1. The van der Waals surface area contributed by atoms with Gasteiger partial charge in [0.2, 0.25) is 5.95 Å². The molecule has 2 aromatic heterocycles. The van der Waals surface area contributed by atoms with E-state index >= 15 is 0 Å². The van der Waals surface area contributed by atoms with Crippen LogP contribution in [0, 0.1) is 0 Å². The van der Waals surface area contributed by atoms with E-state index < -0.39 is 0 Å². The Bertz CT molecular complexity index is 775. The molecule has 0 saturated heterocycles. The number of aromatic nitrogens is 4. The molecule has 102 valence electrons. The lowest BCUT2D eigenvalue weighted by Gasteiger charge is -2.08. The predicted octanol–water partition coefficient (Wildman–Crippen LogP) is 1.33. The molecule has 0 aliphatic heterocycles. The molecule has 20 heavy (non-hydrogen) atoms. The van der Waals surface area contributed by atoms with E-state index in [-0.39, 0.29) is 11.5 Å². The Kier molecular flexibility index (Phi) is 3.20. The van der Waals surface area contributed by atoms with Crippen molar-refractivity contribution in [2.45, 2.75) is 19.4 Å². The summed E-state index contributed by atoms with van der Waals surface area (Å²) in [5, 5.41) is 0. The standard InChI is InChI=1S/C14H15N5O/c15-14-18-12-11(16-9-17-12)13(20)19(14)8-4-7-10-5-2-1-3-6-10/h1-3,5-6,9H,4,7-8H2,(H2,15,18)(H,16,17). The van der Waals surface area contributed by atoms with Crippen molar-refractivity contribution in [1.82, 2.24) is 19.5 Å². The lowest BCUT2D eigenvalue weighted by atomic mass is 10.1. The molecule has 0 saturated carbocycles. The largest absolute Gasteiger partial charge is 0.369 e. The van der Waals surface area contributed by atoms with Gasteiger partial charge in [0.1, 0.15) is 0 Å². The summed E-state index contributed by atoms with van der Waals surface area (Å²) in [6.07, 6.45) is 3.18. The topological polar surface area (TPSA) is 89.6 Å². The molecule has 0 aliphatic carbocycles. The Hall–Kier alpha value is -2.63. The third-order valence-corrected chi connectivity index (χ3v) is 3.27. The summed E-state index contributed by atoms with van der Waals surface area (Å²) in [6.45, 7) is 0.543. The maximum Gasteiger partial charge on any atom is 0.280 e. The van der Waals surface area contributed by atoms with E-state index in [2.05, 4.69) is 27.1 Å². The number of nitrogen functional groups attached to an aromatic ring is 1. The highest BCUT2D eigenvalue weighted by Crippen LogP contribution is 2.07. The molecule has 3 aromatic rings. The van der Waals surface area contributed by atoms with Gasteiger partial charge in [-0.3, -0.25) is 9.36 Å². The molecule has 1 aromatic carbocycles. The van der Waals surface area contributed by atoms with Gasteiger partial charge in [-0.15, -0.1) is 0 Å². The van der Waals surface area contributed by atoms with Crippen molar-refractivity contribution >= 4 is 17.1 Å². The Balaban J connectivity index is 1.79. The molecule has 6 heteroatoms. The van der Waals surface area contributed by atoms with Crippen molar-refractivity contribution in [3.8, 4) is 0 Å². The monoisotopic (exact) mass is 269 g/mol. The number of nitrogens with two attached hydrogens (primary N) is 1. The lowest BCUT2D eigenvalue weighted by Crippen LogP contribution is -2.25. The number of nitrogens with zero attached hydrogens (tertiary/aromatic N) is 3. The van der Waals surface area contributed by atoms with Gasteiger partial charge in [0.05, 0.1) is 6.33 Å². The molecule has 0 amide bonds. The SMILES string of the molecule is Nc1nc2nc[nH]c2c(=O)n1CCCc1ccccc1. The van der Waals surface area contributed by atoms with Gasteiger partial charge in [0.15, 0.2) is 11.2 Å². The molecule has 0 atom stereocenters. The highest BCUT2D eigenvalue weighted by molar-refractivity contribution is 5.69. The first-order valence-corrected chi connectivity index (χ1v) is 6.49. The van der Waals surface area contributed by atoms with Gasteiger partial charge in [-0.25, -0.2) is 4.98 Å². The molecule has 0 bridgehead atoms. The number of fused-ring (bicyclic) bond motifs is 1. The van der Waals surface area contributed by atoms with Crippen molar-refractivity contribution in [2.24, 2.45) is 0 Å². The van der Waals surface area contributed by atoms with E-state index in [1.165, 1.54) is 16.5 Å². The van der Waals surface area contributed by atoms with E-state index in [4.69, 9.17) is 5.73 Å². The smallest absolute Gasteiger partial charge is 0.280 e. The van der Waals surface area contributed by atoms with E-state index in [1.54, 1.807) is 0 Å². The van der Waals surface area contributed by atoms with Crippen molar-refractivity contribution in [1.29, 1.82) is 0 Å². The van der Waals surface area contributed by atoms with E-state index in [1.807, 2.05) is 18.2 Å². The van der Waals surface area contributed by atoms with Crippen LogP contribution in [0.3, 0.4) is 0 Å². The molecular formula is C14H15N5O. The fourth-order valence-electron chi connectivity index (χ4n) is 2.24. The summed E-state index contributed by atoms with van der Waals surface area (Å²) in [5.41, 5.74) is 7.67. The van der Waals surface area contributed by atoms with E-state index in [0.29, 0.717) is 17.7 Å². The zero-order valence-electron chi connectivity index (χ0n) is 10.9. The molecule has 6 nitrogen and oxygen atoms in total. The summed E-state index contributed by atoms with van der Waals surface area (Å²) in [6, 6.07) is 10.1. The molecule has 0 fully saturated rings. The van der Waals surface area contributed by atoms with E-state index in [9.17, 15) is 4.79 Å². The summed E-state index contributed by atoms with van der Waals surface area (Å²) in [4.78, 5) is 23.1. The number of hydrogen-bond acceptors (Lipinski definition) is 4. The van der Waals surface area contributed by atoms with Crippen LogP contribution in [0.25, 0.3) is 11.2 Å². The first-order chi connectivity index (χ1) is 9.75. The van der Waals surface area contributed by atoms with Crippen LogP contribution < -0.4 is 11.3 Å². The van der Waals surface area contributed by atoms with Crippen LogP contribution in [0.15, 0.2) is 41.5 Å². The first-order valence-electron chi connectivity index (χ1n) is 6.49. The van der Waals surface area contributed by atoms with Crippen LogP contribution in [0.1, 0.15) is 12.0 Å². The number of aromatic amines is 1. The number of rotatable bonds is 4. The summed E-state index contributed by atoms with van der Waals surface area (Å²) in [5.74, 6) is 0.211. The molecule has 0 spiro atoms. The highest BCUT2D eigenvalue weighted by atomic mass is 16.1. The van der Waals surface area contributed by atoms with Gasteiger partial charge in [-0.05, 0) is 18.4 Å². The third kappa shape index (κ3) is 2.27. The number of aryl methyl sites for hydroxylation is 1. The second-order valence-corrected chi connectivity index (χ2v) is 4.62. The zero-order valence-corrected chi connectivity index (χ0v) is 10.9. The quantitative estimate of drug-likeness (QED) is 0.747. The maximum atomic E-state index is 12.2.